The molecule has 3 aromatic carbocycles. The second-order valence-corrected chi connectivity index (χ2v) is 7.71. The highest BCUT2D eigenvalue weighted by Gasteiger charge is 2.28. The van der Waals surface area contributed by atoms with Crippen LogP contribution in [-0.4, -0.2) is 44.5 Å². The molecule has 0 saturated heterocycles. The highest BCUT2D eigenvalue weighted by Crippen LogP contribution is 2.44. The molecule has 7 nitrogen and oxygen atoms in total. The molecule has 0 fully saturated rings. The molecule has 1 aliphatic rings. The van der Waals surface area contributed by atoms with E-state index in [4.69, 9.17) is 14.2 Å². The van der Waals surface area contributed by atoms with E-state index in [-0.39, 0.29) is 24.6 Å². The number of carbonyl (C=O) groups is 2. The van der Waals surface area contributed by atoms with E-state index < -0.39 is 12.1 Å². The van der Waals surface area contributed by atoms with Gasteiger partial charge in [-0.3, -0.25) is 0 Å². The van der Waals surface area contributed by atoms with Crippen LogP contribution in [0.2, 0.25) is 0 Å². The molecule has 0 aromatic heterocycles. The van der Waals surface area contributed by atoms with Crippen LogP contribution in [-0.2, 0) is 4.74 Å². The number of hydrogen-bond acceptors (Lipinski definition) is 5. The molecule has 3 aromatic rings. The molecule has 7 heteroatoms. The lowest BCUT2D eigenvalue weighted by atomic mass is 9.98. The highest BCUT2D eigenvalue weighted by atomic mass is 16.5. The van der Waals surface area contributed by atoms with E-state index in [1.165, 1.54) is 37.5 Å². The van der Waals surface area contributed by atoms with E-state index in [1.807, 2.05) is 24.3 Å². The third-order valence-electron chi connectivity index (χ3n) is 5.78. The number of benzene rings is 3. The topological polar surface area (TPSA) is 94.1 Å². The van der Waals surface area contributed by atoms with E-state index >= 15 is 0 Å². The summed E-state index contributed by atoms with van der Waals surface area (Å²) in [5.74, 6) is -0.373. The van der Waals surface area contributed by atoms with Crippen molar-refractivity contribution in [2.24, 2.45) is 0 Å². The van der Waals surface area contributed by atoms with Gasteiger partial charge in [0.05, 0.1) is 25.3 Å². The Morgan fingerprint density at radius 3 is 2.03 bits per heavy atom. The summed E-state index contributed by atoms with van der Waals surface area (Å²) in [6, 6.07) is 19.2. The molecule has 0 heterocycles. The normalized spacial score (nSPS) is 12.2. The Hall–Kier alpha value is -4.26. The summed E-state index contributed by atoms with van der Waals surface area (Å²) >= 11 is 0. The fourth-order valence-corrected chi connectivity index (χ4v) is 4.20. The van der Waals surface area contributed by atoms with Crippen molar-refractivity contribution in [2.75, 3.05) is 27.4 Å². The number of aromatic carboxylic acids is 1. The van der Waals surface area contributed by atoms with E-state index in [1.54, 1.807) is 12.2 Å². The fourth-order valence-electron chi connectivity index (χ4n) is 4.20. The average molecular weight is 459 g/mol. The van der Waals surface area contributed by atoms with Gasteiger partial charge in [0.2, 0.25) is 0 Å². The summed E-state index contributed by atoms with van der Waals surface area (Å²) < 4.78 is 16.1. The van der Waals surface area contributed by atoms with Crippen LogP contribution in [0, 0.1) is 0 Å². The Morgan fingerprint density at radius 1 is 0.941 bits per heavy atom. The van der Waals surface area contributed by atoms with Crippen LogP contribution in [0.1, 0.15) is 33.0 Å². The largest absolute Gasteiger partial charge is 0.496 e. The zero-order valence-electron chi connectivity index (χ0n) is 18.9. The van der Waals surface area contributed by atoms with Gasteiger partial charge in [0, 0.05) is 12.5 Å². The van der Waals surface area contributed by atoms with Crippen molar-refractivity contribution in [3.63, 3.8) is 0 Å². The van der Waals surface area contributed by atoms with Crippen molar-refractivity contribution in [3.05, 3.63) is 89.0 Å². The Balaban J connectivity index is 1.37. The van der Waals surface area contributed by atoms with Gasteiger partial charge in [0.25, 0.3) is 0 Å². The van der Waals surface area contributed by atoms with Gasteiger partial charge in [-0.25, -0.2) is 9.59 Å². The summed E-state index contributed by atoms with van der Waals surface area (Å²) in [5, 5.41) is 11.9. The molecule has 0 spiro atoms. The van der Waals surface area contributed by atoms with Crippen LogP contribution in [0.15, 0.2) is 66.7 Å². The van der Waals surface area contributed by atoms with Gasteiger partial charge in [-0.1, -0.05) is 54.6 Å². The summed E-state index contributed by atoms with van der Waals surface area (Å²) in [7, 11) is 2.90. The SMILES string of the molecule is COc1cc(C(=O)O)cc(OC)c1C=CCNC(=O)OCC1c2ccccc2-c2ccccc21. The van der Waals surface area contributed by atoms with Gasteiger partial charge >= 0.3 is 12.1 Å². The standard InChI is InChI=1S/C27H25NO6/c1-32-24-14-17(26(29)30)15-25(33-2)22(24)12-7-13-28-27(31)34-16-23-20-10-5-3-8-18(20)19-9-4-6-11-21(19)23/h3-12,14-15,23H,13,16H2,1-2H3,(H,28,31)(H,29,30). The number of rotatable bonds is 8. The number of fused-ring (bicyclic) bond motifs is 3. The monoisotopic (exact) mass is 459 g/mol. The number of carboxylic acid groups (broad SMARTS) is 1. The Morgan fingerprint density at radius 2 is 1.50 bits per heavy atom. The zero-order valence-corrected chi connectivity index (χ0v) is 18.9. The van der Waals surface area contributed by atoms with Crippen LogP contribution >= 0.6 is 0 Å². The first kappa shape index (κ1) is 22.9. The second-order valence-electron chi connectivity index (χ2n) is 7.71. The number of carboxylic acids is 1. The Kier molecular flexibility index (Phi) is 6.82. The molecule has 0 unspecified atom stereocenters. The smallest absolute Gasteiger partial charge is 0.407 e. The maximum Gasteiger partial charge on any atom is 0.407 e. The molecule has 0 bridgehead atoms. The van der Waals surface area contributed by atoms with Crippen LogP contribution in [0.25, 0.3) is 17.2 Å². The highest BCUT2D eigenvalue weighted by molar-refractivity contribution is 5.90. The molecule has 2 N–H and O–H groups in total. The van der Waals surface area contributed by atoms with E-state index in [9.17, 15) is 14.7 Å². The molecule has 0 radical (unpaired) electrons. The molecule has 0 aliphatic heterocycles. The maximum atomic E-state index is 12.3. The molecule has 34 heavy (non-hydrogen) atoms. The molecule has 4 rings (SSSR count). The van der Waals surface area contributed by atoms with E-state index in [0.717, 1.165) is 11.1 Å². The number of nitrogens with one attached hydrogen (secondary N) is 1. The quantitative estimate of drug-likeness (QED) is 0.495. The van der Waals surface area contributed by atoms with Crippen LogP contribution < -0.4 is 14.8 Å². The first-order chi connectivity index (χ1) is 16.5. The second kappa shape index (κ2) is 10.1. The summed E-state index contributed by atoms with van der Waals surface area (Å²) in [5.41, 5.74) is 5.28. The minimum absolute atomic E-state index is 0.00466. The van der Waals surface area contributed by atoms with Gasteiger partial charge in [-0.05, 0) is 40.5 Å². The van der Waals surface area contributed by atoms with Crippen molar-refractivity contribution < 1.29 is 28.9 Å². The van der Waals surface area contributed by atoms with Crippen LogP contribution in [0.4, 0.5) is 4.79 Å². The minimum Gasteiger partial charge on any atom is -0.496 e. The van der Waals surface area contributed by atoms with Crippen molar-refractivity contribution in [1.82, 2.24) is 5.32 Å². The van der Waals surface area contributed by atoms with Gasteiger partial charge < -0.3 is 24.6 Å². The zero-order chi connectivity index (χ0) is 24.1. The van der Waals surface area contributed by atoms with Gasteiger partial charge in [0.1, 0.15) is 18.1 Å². The number of carbonyl (C=O) groups excluding carboxylic acids is 1. The first-order valence-electron chi connectivity index (χ1n) is 10.8. The molecule has 1 amide bonds. The lowest BCUT2D eigenvalue weighted by molar-refractivity contribution is 0.0696. The third kappa shape index (κ3) is 4.59. The van der Waals surface area contributed by atoms with Crippen molar-refractivity contribution >= 4 is 18.1 Å². The van der Waals surface area contributed by atoms with E-state index in [2.05, 4.69) is 29.6 Å². The number of methoxy groups -OCH3 is 2. The Labute approximate surface area is 197 Å². The number of ether oxygens (including phenoxy) is 3. The van der Waals surface area contributed by atoms with Crippen molar-refractivity contribution in [2.45, 2.75) is 5.92 Å². The number of alkyl carbamates (subject to hydrolysis) is 1. The Bertz CT molecular complexity index is 1180. The van der Waals surface area contributed by atoms with Crippen LogP contribution in [0.3, 0.4) is 0 Å². The average Bonchev–Trinajstić information content (AvgIpc) is 3.18. The predicted molar refractivity (Wildman–Crippen MR) is 129 cm³/mol. The van der Waals surface area contributed by atoms with E-state index in [0.29, 0.717) is 17.1 Å². The maximum absolute atomic E-state index is 12.3. The van der Waals surface area contributed by atoms with Gasteiger partial charge in [-0.15, -0.1) is 0 Å². The summed E-state index contributed by atoms with van der Waals surface area (Å²) in [6.45, 7) is 0.450. The summed E-state index contributed by atoms with van der Waals surface area (Å²) in [4.78, 5) is 23.6. The number of amides is 1. The van der Waals surface area contributed by atoms with Crippen molar-refractivity contribution in [1.29, 1.82) is 0 Å². The summed E-state index contributed by atoms with van der Waals surface area (Å²) in [6.07, 6.45) is 2.89. The van der Waals surface area contributed by atoms with Gasteiger partial charge in [0.15, 0.2) is 0 Å². The first-order valence-corrected chi connectivity index (χ1v) is 10.8. The lowest BCUT2D eigenvalue weighted by Crippen LogP contribution is -2.26. The van der Waals surface area contributed by atoms with Crippen molar-refractivity contribution in [3.8, 4) is 22.6 Å². The molecule has 0 atom stereocenters. The lowest BCUT2D eigenvalue weighted by Gasteiger charge is -2.14. The minimum atomic E-state index is -1.08. The molecular weight excluding hydrogens is 434 g/mol. The molecular formula is C27H25NO6. The molecule has 174 valence electrons. The van der Waals surface area contributed by atoms with Gasteiger partial charge in [-0.2, -0.15) is 0 Å². The fraction of sp³-hybridized carbons (Fsp3) is 0.185. The third-order valence-corrected chi connectivity index (χ3v) is 5.78. The van der Waals surface area contributed by atoms with Crippen LogP contribution in [0.5, 0.6) is 11.5 Å². The molecule has 0 saturated carbocycles. The predicted octanol–water partition coefficient (Wildman–Crippen LogP) is 4.95. The molecule has 1 aliphatic carbocycles. The number of hydrogen-bond donors (Lipinski definition) is 2.